The molecule has 0 aromatic rings. The SMILES string of the molecule is CC(CCNCC(=O)N1CCCCC1)CCC(=O)O. The first kappa shape index (κ1) is 16.0. The van der Waals surface area contributed by atoms with Crippen molar-refractivity contribution < 1.29 is 14.7 Å². The van der Waals surface area contributed by atoms with Crippen LogP contribution in [0.15, 0.2) is 0 Å². The molecule has 1 unspecified atom stereocenters. The monoisotopic (exact) mass is 270 g/mol. The maximum Gasteiger partial charge on any atom is 0.303 e. The highest BCUT2D eigenvalue weighted by Crippen LogP contribution is 2.10. The van der Waals surface area contributed by atoms with Crippen LogP contribution in [-0.4, -0.2) is 48.1 Å². The van der Waals surface area contributed by atoms with Crippen LogP contribution in [-0.2, 0) is 9.59 Å². The smallest absolute Gasteiger partial charge is 0.303 e. The molecule has 1 fully saturated rings. The topological polar surface area (TPSA) is 69.6 Å². The number of hydrogen-bond acceptors (Lipinski definition) is 3. The molecule has 1 rings (SSSR count). The Morgan fingerprint density at radius 3 is 2.53 bits per heavy atom. The van der Waals surface area contributed by atoms with Crippen LogP contribution < -0.4 is 5.32 Å². The second kappa shape index (κ2) is 8.91. The maximum absolute atomic E-state index is 11.8. The molecular weight excluding hydrogens is 244 g/mol. The molecule has 1 amide bonds. The lowest BCUT2D eigenvalue weighted by Gasteiger charge is -2.26. The number of likely N-dealkylation sites (tertiary alicyclic amines) is 1. The normalized spacial score (nSPS) is 17.2. The van der Waals surface area contributed by atoms with Gasteiger partial charge in [-0.1, -0.05) is 6.92 Å². The molecule has 1 heterocycles. The van der Waals surface area contributed by atoms with E-state index >= 15 is 0 Å². The van der Waals surface area contributed by atoms with Gasteiger partial charge in [0.25, 0.3) is 0 Å². The molecule has 1 atom stereocenters. The Morgan fingerprint density at radius 2 is 1.89 bits per heavy atom. The van der Waals surface area contributed by atoms with Gasteiger partial charge in [0.05, 0.1) is 6.54 Å². The summed E-state index contributed by atoms with van der Waals surface area (Å²) in [5.74, 6) is -0.160. The Morgan fingerprint density at radius 1 is 1.21 bits per heavy atom. The molecule has 2 N–H and O–H groups in total. The molecule has 1 aliphatic heterocycles. The minimum atomic E-state index is -0.736. The summed E-state index contributed by atoms with van der Waals surface area (Å²) in [5, 5.41) is 11.7. The molecule has 0 spiro atoms. The number of hydrogen-bond donors (Lipinski definition) is 2. The van der Waals surface area contributed by atoms with Crippen LogP contribution in [0.1, 0.15) is 45.4 Å². The fourth-order valence-electron chi connectivity index (χ4n) is 2.31. The molecule has 19 heavy (non-hydrogen) atoms. The van der Waals surface area contributed by atoms with Crippen molar-refractivity contribution >= 4 is 11.9 Å². The molecule has 5 heteroatoms. The molecule has 0 bridgehead atoms. The van der Waals surface area contributed by atoms with Crippen LogP contribution in [0.5, 0.6) is 0 Å². The molecule has 0 aromatic carbocycles. The Hall–Kier alpha value is -1.10. The summed E-state index contributed by atoms with van der Waals surface area (Å²) in [6, 6.07) is 0. The summed E-state index contributed by atoms with van der Waals surface area (Å²) in [6.45, 7) is 5.04. The van der Waals surface area contributed by atoms with E-state index in [1.807, 2.05) is 4.90 Å². The molecular formula is C14H26N2O3. The second-order valence-corrected chi connectivity index (χ2v) is 5.44. The minimum absolute atomic E-state index is 0.192. The number of nitrogens with one attached hydrogen (secondary N) is 1. The van der Waals surface area contributed by atoms with Gasteiger partial charge in [0, 0.05) is 19.5 Å². The Bertz CT molecular complexity index is 288. The zero-order valence-electron chi connectivity index (χ0n) is 11.9. The number of carboxylic acids is 1. The average molecular weight is 270 g/mol. The van der Waals surface area contributed by atoms with Gasteiger partial charge in [0.15, 0.2) is 0 Å². The molecule has 0 radical (unpaired) electrons. The van der Waals surface area contributed by atoms with Crippen LogP contribution >= 0.6 is 0 Å². The Labute approximate surface area is 115 Å². The molecule has 5 nitrogen and oxygen atoms in total. The summed E-state index contributed by atoms with van der Waals surface area (Å²) >= 11 is 0. The summed E-state index contributed by atoms with van der Waals surface area (Å²) in [6.07, 6.45) is 5.33. The lowest BCUT2D eigenvalue weighted by atomic mass is 10.0. The molecule has 0 aromatic heterocycles. The van der Waals surface area contributed by atoms with Gasteiger partial charge in [-0.15, -0.1) is 0 Å². The summed E-state index contributed by atoms with van der Waals surface area (Å²) in [5.41, 5.74) is 0. The van der Waals surface area contributed by atoms with Gasteiger partial charge in [-0.05, 0) is 44.6 Å². The van der Waals surface area contributed by atoms with Gasteiger partial charge >= 0.3 is 5.97 Å². The van der Waals surface area contributed by atoms with Crippen LogP contribution in [0, 0.1) is 5.92 Å². The first-order chi connectivity index (χ1) is 9.09. The molecule has 1 aliphatic rings. The fraction of sp³-hybridized carbons (Fsp3) is 0.857. The molecule has 0 aliphatic carbocycles. The van der Waals surface area contributed by atoms with Crippen molar-refractivity contribution in [3.05, 3.63) is 0 Å². The number of piperidine rings is 1. The maximum atomic E-state index is 11.8. The highest BCUT2D eigenvalue weighted by Gasteiger charge is 2.15. The Kier molecular flexibility index (Phi) is 7.48. The van der Waals surface area contributed by atoms with E-state index in [4.69, 9.17) is 5.11 Å². The average Bonchev–Trinajstić information content (AvgIpc) is 2.42. The van der Waals surface area contributed by atoms with E-state index in [2.05, 4.69) is 12.2 Å². The summed E-state index contributed by atoms with van der Waals surface area (Å²) in [4.78, 5) is 24.2. The number of aliphatic carboxylic acids is 1. The molecule has 0 saturated carbocycles. The fourth-order valence-corrected chi connectivity index (χ4v) is 2.31. The van der Waals surface area contributed by atoms with Gasteiger partial charge in [-0.3, -0.25) is 9.59 Å². The van der Waals surface area contributed by atoms with Crippen LogP contribution in [0.2, 0.25) is 0 Å². The zero-order valence-corrected chi connectivity index (χ0v) is 11.9. The van der Waals surface area contributed by atoms with Crippen molar-refractivity contribution in [1.82, 2.24) is 10.2 Å². The largest absolute Gasteiger partial charge is 0.481 e. The number of carboxylic acid groups (broad SMARTS) is 1. The lowest BCUT2D eigenvalue weighted by Crippen LogP contribution is -2.41. The number of amides is 1. The van der Waals surface area contributed by atoms with Gasteiger partial charge < -0.3 is 15.3 Å². The van der Waals surface area contributed by atoms with Crippen LogP contribution in [0.4, 0.5) is 0 Å². The standard InChI is InChI=1S/C14H26N2O3/c1-12(5-6-14(18)19)7-8-15-11-13(17)16-9-3-2-4-10-16/h12,15H,2-11H2,1H3,(H,18,19). The molecule has 110 valence electrons. The first-order valence-corrected chi connectivity index (χ1v) is 7.30. The first-order valence-electron chi connectivity index (χ1n) is 7.30. The third-order valence-electron chi connectivity index (χ3n) is 3.65. The summed E-state index contributed by atoms with van der Waals surface area (Å²) in [7, 11) is 0. The van der Waals surface area contributed by atoms with Crippen molar-refractivity contribution in [2.24, 2.45) is 5.92 Å². The van der Waals surface area contributed by atoms with E-state index in [1.54, 1.807) is 0 Å². The molecule has 1 saturated heterocycles. The lowest BCUT2D eigenvalue weighted by molar-refractivity contribution is -0.137. The number of carbonyl (C=O) groups excluding carboxylic acids is 1. The van der Waals surface area contributed by atoms with E-state index in [-0.39, 0.29) is 12.3 Å². The van der Waals surface area contributed by atoms with Crippen molar-refractivity contribution in [2.75, 3.05) is 26.2 Å². The van der Waals surface area contributed by atoms with E-state index < -0.39 is 5.97 Å². The van der Waals surface area contributed by atoms with E-state index in [9.17, 15) is 9.59 Å². The Balaban J connectivity index is 2.03. The van der Waals surface area contributed by atoms with Crippen LogP contribution in [0.25, 0.3) is 0 Å². The quantitative estimate of drug-likeness (QED) is 0.655. The van der Waals surface area contributed by atoms with Crippen molar-refractivity contribution in [1.29, 1.82) is 0 Å². The van der Waals surface area contributed by atoms with Gasteiger partial charge in [-0.25, -0.2) is 0 Å². The summed E-state index contributed by atoms with van der Waals surface area (Å²) < 4.78 is 0. The van der Waals surface area contributed by atoms with Crippen molar-refractivity contribution in [3.63, 3.8) is 0 Å². The highest BCUT2D eigenvalue weighted by molar-refractivity contribution is 5.78. The highest BCUT2D eigenvalue weighted by atomic mass is 16.4. The van der Waals surface area contributed by atoms with Gasteiger partial charge in [0.1, 0.15) is 0 Å². The third kappa shape index (κ3) is 7.15. The third-order valence-corrected chi connectivity index (χ3v) is 3.65. The predicted octanol–water partition coefficient (Wildman–Crippen LogP) is 1.48. The predicted molar refractivity (Wildman–Crippen MR) is 74.0 cm³/mol. The van der Waals surface area contributed by atoms with E-state index in [1.165, 1.54) is 6.42 Å². The van der Waals surface area contributed by atoms with Crippen molar-refractivity contribution in [2.45, 2.75) is 45.4 Å². The number of carbonyl (C=O) groups is 2. The minimum Gasteiger partial charge on any atom is -0.481 e. The zero-order chi connectivity index (χ0) is 14.1. The second-order valence-electron chi connectivity index (χ2n) is 5.44. The van der Waals surface area contributed by atoms with Crippen molar-refractivity contribution in [3.8, 4) is 0 Å². The van der Waals surface area contributed by atoms with Gasteiger partial charge in [0.2, 0.25) is 5.91 Å². The van der Waals surface area contributed by atoms with Crippen LogP contribution in [0.3, 0.4) is 0 Å². The van der Waals surface area contributed by atoms with Gasteiger partial charge in [-0.2, -0.15) is 0 Å². The number of nitrogens with zero attached hydrogens (tertiary/aromatic N) is 1. The van der Waals surface area contributed by atoms with E-state index in [0.717, 1.165) is 38.9 Å². The number of rotatable bonds is 8. The van der Waals surface area contributed by atoms with E-state index in [0.29, 0.717) is 18.9 Å².